The summed E-state index contributed by atoms with van der Waals surface area (Å²) in [5.41, 5.74) is 0.280. The topological polar surface area (TPSA) is 95.9 Å². The molecule has 1 fully saturated rings. The Bertz CT molecular complexity index is 817. The van der Waals surface area contributed by atoms with Crippen molar-refractivity contribution in [3.63, 3.8) is 0 Å². The van der Waals surface area contributed by atoms with Crippen molar-refractivity contribution in [2.75, 3.05) is 18.5 Å². The Labute approximate surface area is 175 Å². The van der Waals surface area contributed by atoms with E-state index in [-0.39, 0.29) is 25.5 Å². The van der Waals surface area contributed by atoms with Gasteiger partial charge in [-0.05, 0) is 43.6 Å². The summed E-state index contributed by atoms with van der Waals surface area (Å²) in [5.74, 6) is -0.856. The minimum Gasteiger partial charge on any atom is -0.465 e. The average Bonchev–Trinajstić information content (AvgIpc) is 2.92. The van der Waals surface area contributed by atoms with Crippen molar-refractivity contribution >= 4 is 35.0 Å². The lowest BCUT2D eigenvalue weighted by molar-refractivity contribution is -0.138. The third-order valence-corrected chi connectivity index (χ3v) is 6.48. The molecule has 1 aliphatic heterocycles. The summed E-state index contributed by atoms with van der Waals surface area (Å²) in [6.45, 7) is 11.5. The zero-order valence-corrected chi connectivity index (χ0v) is 18.7. The van der Waals surface area contributed by atoms with E-state index in [9.17, 15) is 19.5 Å². The van der Waals surface area contributed by atoms with Gasteiger partial charge >= 0.3 is 12.1 Å². The fourth-order valence-electron chi connectivity index (χ4n) is 3.88. The average molecular weight is 423 g/mol. The van der Waals surface area contributed by atoms with Crippen LogP contribution in [0.1, 0.15) is 51.0 Å². The second-order valence-corrected chi connectivity index (χ2v) is 9.41. The van der Waals surface area contributed by atoms with Gasteiger partial charge in [0.1, 0.15) is 5.54 Å². The van der Waals surface area contributed by atoms with E-state index in [0.29, 0.717) is 12.0 Å². The van der Waals surface area contributed by atoms with E-state index < -0.39 is 23.0 Å². The summed E-state index contributed by atoms with van der Waals surface area (Å²) in [5, 5.41) is 14.8. The molecule has 160 valence electrons. The first-order valence-electron chi connectivity index (χ1n) is 9.67. The number of carboxylic acid groups (broad SMARTS) is 1. The first-order valence-corrected chi connectivity index (χ1v) is 10.5. The number of nitrogens with zero attached hydrogens (tertiary/aromatic N) is 1. The lowest BCUT2D eigenvalue weighted by Crippen LogP contribution is -2.67. The maximum Gasteiger partial charge on any atom is 0.408 e. The summed E-state index contributed by atoms with van der Waals surface area (Å²) in [4.78, 5) is 39.9. The number of ether oxygens (including phenoxy) is 1. The maximum atomic E-state index is 13.7. The molecular weight excluding hydrogens is 392 g/mol. The van der Waals surface area contributed by atoms with E-state index in [1.807, 2.05) is 40.0 Å². The highest BCUT2D eigenvalue weighted by molar-refractivity contribution is 7.10. The van der Waals surface area contributed by atoms with E-state index in [2.05, 4.69) is 5.32 Å². The second kappa shape index (κ2) is 8.57. The van der Waals surface area contributed by atoms with Gasteiger partial charge in [-0.1, -0.05) is 26.3 Å². The molecule has 2 heterocycles. The van der Waals surface area contributed by atoms with Crippen LogP contribution in [0, 0.1) is 19.3 Å². The molecule has 0 bridgehead atoms. The van der Waals surface area contributed by atoms with Gasteiger partial charge in [0, 0.05) is 23.9 Å². The van der Waals surface area contributed by atoms with Crippen molar-refractivity contribution in [3.8, 4) is 0 Å². The van der Waals surface area contributed by atoms with Gasteiger partial charge in [-0.3, -0.25) is 9.69 Å². The lowest BCUT2D eigenvalue weighted by Gasteiger charge is -2.52. The van der Waals surface area contributed by atoms with E-state index in [1.54, 1.807) is 6.92 Å². The predicted octanol–water partition coefficient (Wildman–Crippen LogP) is 4.35. The van der Waals surface area contributed by atoms with Crippen molar-refractivity contribution in [3.05, 3.63) is 27.5 Å². The molecule has 2 rings (SSSR count). The Hall–Kier alpha value is -2.35. The Kier molecular flexibility index (Phi) is 6.78. The van der Waals surface area contributed by atoms with Crippen LogP contribution in [-0.2, 0) is 14.3 Å². The molecule has 0 saturated carbocycles. The largest absolute Gasteiger partial charge is 0.465 e. The Morgan fingerprint density at radius 3 is 2.48 bits per heavy atom. The minimum absolute atomic E-state index is 0.132. The Morgan fingerprint density at radius 1 is 1.34 bits per heavy atom. The molecule has 7 nitrogen and oxygen atoms in total. The minimum atomic E-state index is -1.36. The Balaban J connectivity index is 2.54. The van der Waals surface area contributed by atoms with Crippen LogP contribution in [-0.4, -0.2) is 46.7 Å². The number of likely N-dealkylation sites (tertiary alicyclic amines) is 1. The zero-order chi connectivity index (χ0) is 22.0. The van der Waals surface area contributed by atoms with E-state index in [0.717, 1.165) is 16.1 Å². The van der Waals surface area contributed by atoms with Crippen LogP contribution in [0.4, 0.5) is 10.5 Å². The lowest BCUT2D eigenvalue weighted by atomic mass is 9.66. The molecule has 1 atom stereocenters. The number of esters is 1. The van der Waals surface area contributed by atoms with Crippen molar-refractivity contribution in [2.24, 2.45) is 5.41 Å². The number of carbonyl (C=O) groups is 3. The molecule has 2 N–H and O–H groups in total. The summed E-state index contributed by atoms with van der Waals surface area (Å²) in [6, 6.07) is 0. The van der Waals surface area contributed by atoms with Gasteiger partial charge in [-0.25, -0.2) is 9.59 Å². The van der Waals surface area contributed by atoms with E-state index in [4.69, 9.17) is 4.74 Å². The van der Waals surface area contributed by atoms with Gasteiger partial charge in [0.05, 0.1) is 12.3 Å². The summed E-state index contributed by atoms with van der Waals surface area (Å²) < 4.78 is 5.01. The fraction of sp³-hybridized carbons (Fsp3) is 0.571. The summed E-state index contributed by atoms with van der Waals surface area (Å²) in [7, 11) is 0. The molecular formula is C21H30N2O5S. The highest BCUT2D eigenvalue weighted by Gasteiger charge is 2.57. The van der Waals surface area contributed by atoms with Crippen LogP contribution in [0.3, 0.4) is 0 Å². The van der Waals surface area contributed by atoms with Crippen LogP contribution >= 0.6 is 11.3 Å². The highest BCUT2D eigenvalue weighted by atomic mass is 32.1. The summed E-state index contributed by atoms with van der Waals surface area (Å²) in [6.07, 6.45) is 0.768. The number of carbonyl (C=O) groups excluding carboxylic acids is 2. The SMILES string of the molecule is CCOC(=O)C=C1CCN(C(=O)O)C(C(=O)Nc2c(C)csc2C)(C(C)(C)C)C1. The van der Waals surface area contributed by atoms with Gasteiger partial charge in [0.25, 0.3) is 5.91 Å². The molecule has 2 amide bonds. The number of rotatable bonds is 4. The van der Waals surface area contributed by atoms with Crippen LogP contribution in [0.2, 0.25) is 0 Å². The van der Waals surface area contributed by atoms with Crippen molar-refractivity contribution < 1.29 is 24.2 Å². The molecule has 1 aromatic heterocycles. The number of aryl methyl sites for hydroxylation is 2. The molecule has 0 radical (unpaired) electrons. The van der Waals surface area contributed by atoms with Crippen LogP contribution in [0.15, 0.2) is 17.0 Å². The highest BCUT2D eigenvalue weighted by Crippen LogP contribution is 2.45. The van der Waals surface area contributed by atoms with Gasteiger partial charge in [-0.15, -0.1) is 11.3 Å². The molecule has 8 heteroatoms. The number of anilines is 1. The molecule has 1 aliphatic rings. The van der Waals surface area contributed by atoms with Gasteiger partial charge in [0.2, 0.25) is 0 Å². The number of hydrogen-bond donors (Lipinski definition) is 2. The molecule has 0 aliphatic carbocycles. The third kappa shape index (κ3) is 4.47. The van der Waals surface area contributed by atoms with Crippen molar-refractivity contribution in [2.45, 2.75) is 59.9 Å². The molecule has 1 aromatic rings. The molecule has 1 saturated heterocycles. The molecule has 29 heavy (non-hydrogen) atoms. The maximum absolute atomic E-state index is 13.7. The number of amides is 2. The Morgan fingerprint density at radius 2 is 2.00 bits per heavy atom. The fourth-order valence-corrected chi connectivity index (χ4v) is 4.68. The standard InChI is InChI=1S/C21H30N2O5S/c1-7-28-16(24)10-15-8-9-23(19(26)27)21(11-15,20(4,5)6)18(25)22-17-13(2)12-29-14(17)3/h10,12H,7-9,11H2,1-6H3,(H,22,25)(H,26,27). The van der Waals surface area contributed by atoms with Crippen LogP contribution < -0.4 is 5.32 Å². The molecule has 0 spiro atoms. The van der Waals surface area contributed by atoms with Gasteiger partial charge in [0.15, 0.2) is 0 Å². The third-order valence-electron chi connectivity index (χ3n) is 5.45. The molecule has 0 aromatic carbocycles. The summed E-state index contributed by atoms with van der Waals surface area (Å²) >= 11 is 1.53. The van der Waals surface area contributed by atoms with Gasteiger partial charge < -0.3 is 15.2 Å². The first kappa shape index (κ1) is 22.9. The van der Waals surface area contributed by atoms with E-state index in [1.165, 1.54) is 22.3 Å². The van der Waals surface area contributed by atoms with Crippen molar-refractivity contribution in [1.29, 1.82) is 0 Å². The quantitative estimate of drug-likeness (QED) is 0.555. The van der Waals surface area contributed by atoms with Crippen LogP contribution in [0.25, 0.3) is 0 Å². The first-order chi connectivity index (χ1) is 13.4. The zero-order valence-electron chi connectivity index (χ0n) is 17.9. The number of hydrogen-bond acceptors (Lipinski definition) is 5. The monoisotopic (exact) mass is 422 g/mol. The normalized spacial score (nSPS) is 21.2. The number of piperidine rings is 1. The smallest absolute Gasteiger partial charge is 0.408 e. The second-order valence-electron chi connectivity index (χ2n) is 8.33. The van der Waals surface area contributed by atoms with Gasteiger partial charge in [-0.2, -0.15) is 0 Å². The predicted molar refractivity (Wildman–Crippen MR) is 113 cm³/mol. The molecule has 1 unspecified atom stereocenters. The van der Waals surface area contributed by atoms with E-state index >= 15 is 0 Å². The number of thiophene rings is 1. The van der Waals surface area contributed by atoms with Crippen molar-refractivity contribution in [1.82, 2.24) is 4.90 Å². The van der Waals surface area contributed by atoms with Crippen LogP contribution in [0.5, 0.6) is 0 Å². The number of nitrogens with one attached hydrogen (secondary N) is 1.